The Morgan fingerprint density at radius 3 is 2.71 bits per heavy atom. The minimum Gasteiger partial charge on any atom is -0.392 e. The van der Waals surface area contributed by atoms with Crippen LogP contribution >= 0.6 is 0 Å². The standard InChI is InChI=1S/C9H13N3O2/c1-6(2)5-7-3-4-8(10)9(11-7)12(13)14/h3-4,6H,5,10H2,1-2H3. The van der Waals surface area contributed by atoms with Crippen LogP contribution in [0.25, 0.3) is 0 Å². The van der Waals surface area contributed by atoms with Crippen LogP contribution in [0.2, 0.25) is 0 Å². The molecule has 5 heteroatoms. The Kier molecular flexibility index (Phi) is 3.01. The first-order chi connectivity index (χ1) is 6.50. The van der Waals surface area contributed by atoms with Crippen molar-refractivity contribution in [2.45, 2.75) is 20.3 Å². The van der Waals surface area contributed by atoms with E-state index in [0.717, 1.165) is 6.42 Å². The van der Waals surface area contributed by atoms with Gasteiger partial charge in [-0.3, -0.25) is 0 Å². The van der Waals surface area contributed by atoms with Crippen LogP contribution in [0.15, 0.2) is 12.1 Å². The van der Waals surface area contributed by atoms with Crippen molar-refractivity contribution in [3.8, 4) is 0 Å². The van der Waals surface area contributed by atoms with E-state index in [1.54, 1.807) is 6.07 Å². The number of hydrogen-bond acceptors (Lipinski definition) is 4. The van der Waals surface area contributed by atoms with Crippen LogP contribution in [0, 0.1) is 16.0 Å². The second-order valence-electron chi connectivity index (χ2n) is 3.57. The minimum atomic E-state index is -0.556. The van der Waals surface area contributed by atoms with Gasteiger partial charge in [-0.05, 0) is 28.0 Å². The van der Waals surface area contributed by atoms with Crippen molar-refractivity contribution in [3.05, 3.63) is 27.9 Å². The van der Waals surface area contributed by atoms with E-state index in [-0.39, 0.29) is 11.5 Å². The third-order valence-corrected chi connectivity index (χ3v) is 1.75. The van der Waals surface area contributed by atoms with Gasteiger partial charge >= 0.3 is 5.82 Å². The first kappa shape index (κ1) is 10.4. The molecule has 0 spiro atoms. The quantitative estimate of drug-likeness (QED) is 0.588. The van der Waals surface area contributed by atoms with Gasteiger partial charge in [0, 0.05) is 6.42 Å². The maximum absolute atomic E-state index is 10.5. The van der Waals surface area contributed by atoms with Crippen LogP contribution in [0.4, 0.5) is 11.5 Å². The Morgan fingerprint density at radius 1 is 1.57 bits per heavy atom. The van der Waals surface area contributed by atoms with E-state index in [1.807, 2.05) is 13.8 Å². The minimum absolute atomic E-state index is 0.113. The van der Waals surface area contributed by atoms with Crippen molar-refractivity contribution >= 4 is 11.5 Å². The Hall–Kier alpha value is -1.65. The van der Waals surface area contributed by atoms with Crippen LogP contribution in [0.1, 0.15) is 19.5 Å². The number of rotatable bonds is 3. The number of hydrogen-bond donors (Lipinski definition) is 1. The molecule has 0 radical (unpaired) electrons. The average Bonchev–Trinajstić information content (AvgIpc) is 2.07. The van der Waals surface area contributed by atoms with Crippen LogP contribution in [-0.2, 0) is 6.42 Å². The molecule has 0 aromatic carbocycles. The largest absolute Gasteiger partial charge is 0.392 e. The van der Waals surface area contributed by atoms with Crippen LogP contribution in [0.3, 0.4) is 0 Å². The van der Waals surface area contributed by atoms with E-state index in [0.29, 0.717) is 11.6 Å². The SMILES string of the molecule is CC(C)Cc1ccc(N)c([N+](=O)[O-])n1. The van der Waals surface area contributed by atoms with Gasteiger partial charge in [0.1, 0.15) is 5.69 Å². The van der Waals surface area contributed by atoms with E-state index in [9.17, 15) is 10.1 Å². The van der Waals surface area contributed by atoms with Crippen molar-refractivity contribution in [2.75, 3.05) is 5.73 Å². The zero-order valence-corrected chi connectivity index (χ0v) is 8.23. The van der Waals surface area contributed by atoms with Gasteiger partial charge in [0.05, 0.1) is 0 Å². The number of nitrogens with zero attached hydrogens (tertiary/aromatic N) is 2. The molecule has 1 heterocycles. The highest BCUT2D eigenvalue weighted by Crippen LogP contribution is 2.19. The molecule has 76 valence electrons. The van der Waals surface area contributed by atoms with Gasteiger partial charge in [-0.25, -0.2) is 0 Å². The van der Waals surface area contributed by atoms with Gasteiger partial charge in [0.15, 0.2) is 5.69 Å². The van der Waals surface area contributed by atoms with Gasteiger partial charge in [-0.15, -0.1) is 0 Å². The number of nitrogens with two attached hydrogens (primary N) is 1. The number of nitrogen functional groups attached to an aromatic ring is 1. The highest BCUT2D eigenvalue weighted by atomic mass is 16.6. The lowest BCUT2D eigenvalue weighted by molar-refractivity contribution is -0.388. The summed E-state index contributed by atoms with van der Waals surface area (Å²) in [5.74, 6) is 0.175. The normalized spacial score (nSPS) is 10.5. The lowest BCUT2D eigenvalue weighted by Crippen LogP contribution is -2.03. The lowest BCUT2D eigenvalue weighted by atomic mass is 10.1. The Morgan fingerprint density at radius 2 is 2.21 bits per heavy atom. The van der Waals surface area contributed by atoms with Crippen LogP contribution in [0.5, 0.6) is 0 Å². The first-order valence-electron chi connectivity index (χ1n) is 4.40. The van der Waals surface area contributed by atoms with Crippen molar-refractivity contribution in [1.29, 1.82) is 0 Å². The van der Waals surface area contributed by atoms with Crippen molar-refractivity contribution in [2.24, 2.45) is 5.92 Å². The summed E-state index contributed by atoms with van der Waals surface area (Å²) in [5.41, 5.74) is 6.24. The molecular formula is C9H13N3O2. The highest BCUT2D eigenvalue weighted by Gasteiger charge is 2.15. The summed E-state index contributed by atoms with van der Waals surface area (Å²) in [7, 11) is 0. The Bertz CT molecular complexity index is 350. The predicted octanol–water partition coefficient (Wildman–Crippen LogP) is 1.77. The first-order valence-corrected chi connectivity index (χ1v) is 4.40. The molecule has 5 nitrogen and oxygen atoms in total. The average molecular weight is 195 g/mol. The van der Waals surface area contributed by atoms with E-state index in [2.05, 4.69) is 4.98 Å². The van der Waals surface area contributed by atoms with Crippen LogP contribution < -0.4 is 5.73 Å². The number of pyridine rings is 1. The topological polar surface area (TPSA) is 82.0 Å². The molecule has 0 bridgehead atoms. The maximum Gasteiger partial charge on any atom is 0.386 e. The number of anilines is 1. The predicted molar refractivity (Wildman–Crippen MR) is 53.8 cm³/mol. The lowest BCUT2D eigenvalue weighted by Gasteiger charge is -2.01. The van der Waals surface area contributed by atoms with Crippen molar-refractivity contribution in [1.82, 2.24) is 4.98 Å². The van der Waals surface area contributed by atoms with Crippen LogP contribution in [-0.4, -0.2) is 9.91 Å². The molecule has 14 heavy (non-hydrogen) atoms. The zero-order chi connectivity index (χ0) is 10.7. The molecule has 1 aromatic heterocycles. The summed E-state index contributed by atoms with van der Waals surface area (Å²) in [6, 6.07) is 3.26. The van der Waals surface area contributed by atoms with Gasteiger partial charge in [0.2, 0.25) is 0 Å². The zero-order valence-electron chi connectivity index (χ0n) is 8.23. The molecular weight excluding hydrogens is 182 g/mol. The summed E-state index contributed by atoms with van der Waals surface area (Å²) in [4.78, 5) is 13.9. The number of aromatic nitrogens is 1. The molecule has 0 saturated carbocycles. The molecule has 0 fully saturated rings. The molecule has 1 rings (SSSR count). The summed E-state index contributed by atoms with van der Waals surface area (Å²) in [5, 5.41) is 10.5. The number of nitro groups is 1. The molecule has 0 aliphatic rings. The summed E-state index contributed by atoms with van der Waals surface area (Å²) < 4.78 is 0. The summed E-state index contributed by atoms with van der Waals surface area (Å²) in [6.07, 6.45) is 0.723. The smallest absolute Gasteiger partial charge is 0.386 e. The summed E-state index contributed by atoms with van der Waals surface area (Å²) >= 11 is 0. The second-order valence-corrected chi connectivity index (χ2v) is 3.57. The van der Waals surface area contributed by atoms with Crippen molar-refractivity contribution < 1.29 is 4.92 Å². The fraction of sp³-hybridized carbons (Fsp3) is 0.444. The molecule has 0 atom stereocenters. The monoisotopic (exact) mass is 195 g/mol. The molecule has 0 aliphatic carbocycles. The van der Waals surface area contributed by atoms with E-state index in [1.165, 1.54) is 6.07 Å². The van der Waals surface area contributed by atoms with Gasteiger partial charge in [-0.2, -0.15) is 0 Å². The Labute approximate surface area is 82.1 Å². The molecule has 0 saturated heterocycles. The molecule has 2 N–H and O–H groups in total. The third kappa shape index (κ3) is 2.42. The van der Waals surface area contributed by atoms with E-state index >= 15 is 0 Å². The molecule has 0 unspecified atom stereocenters. The Balaban J connectivity index is 3.00. The van der Waals surface area contributed by atoms with Gasteiger partial charge in [-0.1, -0.05) is 13.8 Å². The van der Waals surface area contributed by atoms with E-state index < -0.39 is 4.92 Å². The van der Waals surface area contributed by atoms with E-state index in [4.69, 9.17) is 5.73 Å². The molecule has 1 aromatic rings. The summed E-state index contributed by atoms with van der Waals surface area (Å²) in [6.45, 7) is 4.06. The second kappa shape index (κ2) is 4.04. The fourth-order valence-corrected chi connectivity index (χ4v) is 1.18. The third-order valence-electron chi connectivity index (χ3n) is 1.75. The maximum atomic E-state index is 10.5. The van der Waals surface area contributed by atoms with Gasteiger partial charge in [0.25, 0.3) is 0 Å². The van der Waals surface area contributed by atoms with Crippen molar-refractivity contribution in [3.63, 3.8) is 0 Å². The fourth-order valence-electron chi connectivity index (χ4n) is 1.18. The highest BCUT2D eigenvalue weighted by molar-refractivity contribution is 5.53. The molecule has 0 aliphatic heterocycles. The molecule has 0 amide bonds. The van der Waals surface area contributed by atoms with Gasteiger partial charge < -0.3 is 15.8 Å².